The van der Waals surface area contributed by atoms with Gasteiger partial charge in [-0.3, -0.25) is 10.2 Å². The average molecular weight is 154 g/mol. The highest BCUT2D eigenvalue weighted by Gasteiger charge is 2.03. The fraction of sp³-hybridized carbons (Fsp3) is 0.286. The zero-order valence-electron chi connectivity index (χ0n) is 6.26. The smallest absolute Gasteiger partial charge is 0.241 e. The number of furan rings is 1. The number of rotatable bonds is 2. The molecule has 1 aromatic heterocycles. The number of hydrogen-bond donors (Lipinski definition) is 2. The van der Waals surface area contributed by atoms with Crippen molar-refractivity contribution in [2.24, 2.45) is 5.84 Å². The summed E-state index contributed by atoms with van der Waals surface area (Å²) >= 11 is 0. The molecule has 0 atom stereocenters. The predicted molar refractivity (Wildman–Crippen MR) is 39.5 cm³/mol. The molecule has 0 aliphatic rings. The average Bonchev–Trinajstić information content (AvgIpc) is 2.35. The van der Waals surface area contributed by atoms with Gasteiger partial charge in [0.15, 0.2) is 0 Å². The largest absolute Gasteiger partial charge is 0.466 e. The van der Waals surface area contributed by atoms with E-state index >= 15 is 0 Å². The quantitative estimate of drug-likeness (QED) is 0.361. The van der Waals surface area contributed by atoms with Gasteiger partial charge in [0.1, 0.15) is 11.5 Å². The van der Waals surface area contributed by atoms with Crippen molar-refractivity contribution in [1.29, 1.82) is 0 Å². The van der Waals surface area contributed by atoms with Crippen molar-refractivity contribution in [3.63, 3.8) is 0 Å². The molecule has 0 aliphatic heterocycles. The third-order valence-corrected chi connectivity index (χ3v) is 1.29. The van der Waals surface area contributed by atoms with Gasteiger partial charge < -0.3 is 4.42 Å². The Hall–Kier alpha value is -1.29. The summed E-state index contributed by atoms with van der Waals surface area (Å²) in [6.45, 7) is 1.82. The summed E-state index contributed by atoms with van der Waals surface area (Å²) in [6, 6.07) is 3.56. The van der Waals surface area contributed by atoms with Gasteiger partial charge in [0.2, 0.25) is 5.91 Å². The third kappa shape index (κ3) is 2.09. The van der Waals surface area contributed by atoms with Crippen molar-refractivity contribution in [2.45, 2.75) is 13.3 Å². The van der Waals surface area contributed by atoms with Gasteiger partial charge >= 0.3 is 0 Å². The van der Waals surface area contributed by atoms with Crippen LogP contribution in [0.4, 0.5) is 0 Å². The first-order valence-corrected chi connectivity index (χ1v) is 3.27. The minimum atomic E-state index is -0.251. The summed E-state index contributed by atoms with van der Waals surface area (Å²) in [7, 11) is 0. The molecule has 60 valence electrons. The van der Waals surface area contributed by atoms with Gasteiger partial charge in [-0.2, -0.15) is 0 Å². The van der Waals surface area contributed by atoms with Crippen LogP contribution in [-0.2, 0) is 11.2 Å². The number of carbonyl (C=O) groups is 1. The molecular formula is C7H10N2O2. The van der Waals surface area contributed by atoms with Crippen LogP contribution >= 0.6 is 0 Å². The highest BCUT2D eigenvalue weighted by molar-refractivity contribution is 5.77. The zero-order valence-corrected chi connectivity index (χ0v) is 6.26. The van der Waals surface area contributed by atoms with Crippen molar-refractivity contribution in [1.82, 2.24) is 5.43 Å². The third-order valence-electron chi connectivity index (χ3n) is 1.29. The van der Waals surface area contributed by atoms with Crippen LogP contribution in [0.15, 0.2) is 16.5 Å². The van der Waals surface area contributed by atoms with Crippen LogP contribution < -0.4 is 11.3 Å². The van der Waals surface area contributed by atoms with E-state index in [2.05, 4.69) is 0 Å². The van der Waals surface area contributed by atoms with E-state index in [0.717, 1.165) is 5.76 Å². The zero-order chi connectivity index (χ0) is 8.27. The number of carbonyl (C=O) groups excluding carboxylic acids is 1. The predicted octanol–water partition coefficient (Wildman–Crippen LogP) is 0.120. The van der Waals surface area contributed by atoms with E-state index in [1.54, 1.807) is 12.1 Å². The first-order valence-electron chi connectivity index (χ1n) is 3.27. The first kappa shape index (κ1) is 7.81. The molecule has 11 heavy (non-hydrogen) atoms. The Morgan fingerprint density at radius 2 is 2.45 bits per heavy atom. The van der Waals surface area contributed by atoms with Crippen molar-refractivity contribution in [3.8, 4) is 0 Å². The van der Waals surface area contributed by atoms with Crippen molar-refractivity contribution in [3.05, 3.63) is 23.7 Å². The van der Waals surface area contributed by atoms with Gasteiger partial charge in [-0.05, 0) is 19.1 Å². The van der Waals surface area contributed by atoms with Crippen molar-refractivity contribution >= 4 is 5.91 Å². The molecular weight excluding hydrogens is 144 g/mol. The van der Waals surface area contributed by atoms with E-state index in [1.165, 1.54) is 0 Å². The lowest BCUT2D eigenvalue weighted by atomic mass is 10.3. The molecule has 1 aromatic rings. The minimum Gasteiger partial charge on any atom is -0.466 e. The highest BCUT2D eigenvalue weighted by atomic mass is 16.3. The Kier molecular flexibility index (Phi) is 2.28. The number of hydrogen-bond acceptors (Lipinski definition) is 3. The SMILES string of the molecule is Cc1ccc(CC(=O)NN)o1. The normalized spacial score (nSPS) is 9.64. The maximum atomic E-state index is 10.7. The van der Waals surface area contributed by atoms with Gasteiger partial charge in [0.05, 0.1) is 6.42 Å². The molecule has 1 heterocycles. The van der Waals surface area contributed by atoms with Crippen LogP contribution in [0.5, 0.6) is 0 Å². The van der Waals surface area contributed by atoms with E-state index in [4.69, 9.17) is 10.3 Å². The Morgan fingerprint density at radius 3 is 2.91 bits per heavy atom. The van der Waals surface area contributed by atoms with E-state index < -0.39 is 0 Å². The summed E-state index contributed by atoms with van der Waals surface area (Å²) in [6.07, 6.45) is 0.199. The molecule has 0 spiro atoms. The summed E-state index contributed by atoms with van der Waals surface area (Å²) < 4.78 is 5.14. The summed E-state index contributed by atoms with van der Waals surface area (Å²) in [5.74, 6) is 6.06. The van der Waals surface area contributed by atoms with Gasteiger partial charge in [0.25, 0.3) is 0 Å². The van der Waals surface area contributed by atoms with Gasteiger partial charge in [-0.15, -0.1) is 0 Å². The van der Waals surface area contributed by atoms with Crippen molar-refractivity contribution < 1.29 is 9.21 Å². The molecule has 0 saturated carbocycles. The topological polar surface area (TPSA) is 68.3 Å². The second-order valence-corrected chi connectivity index (χ2v) is 2.26. The second-order valence-electron chi connectivity index (χ2n) is 2.26. The molecule has 0 saturated heterocycles. The lowest BCUT2D eigenvalue weighted by Gasteiger charge is -1.94. The molecule has 0 radical (unpaired) electrons. The first-order chi connectivity index (χ1) is 5.22. The molecule has 0 fully saturated rings. The number of nitrogens with one attached hydrogen (secondary N) is 1. The fourth-order valence-electron chi connectivity index (χ4n) is 0.789. The maximum absolute atomic E-state index is 10.7. The molecule has 0 aromatic carbocycles. The van der Waals surface area contributed by atoms with Crippen LogP contribution in [0.25, 0.3) is 0 Å². The minimum absolute atomic E-state index is 0.199. The Balaban J connectivity index is 2.57. The summed E-state index contributed by atoms with van der Waals surface area (Å²) in [4.78, 5) is 10.7. The van der Waals surface area contributed by atoms with Gasteiger partial charge in [0, 0.05) is 0 Å². The summed E-state index contributed by atoms with van der Waals surface area (Å²) in [5.41, 5.74) is 2.02. The van der Waals surface area contributed by atoms with Crippen LogP contribution in [0.1, 0.15) is 11.5 Å². The van der Waals surface area contributed by atoms with Crippen LogP contribution in [0.3, 0.4) is 0 Å². The second kappa shape index (κ2) is 3.21. The number of aryl methyl sites for hydroxylation is 1. The molecule has 4 heteroatoms. The molecule has 1 rings (SSSR count). The Labute approximate surface area is 64.3 Å². The summed E-state index contributed by atoms with van der Waals surface area (Å²) in [5, 5.41) is 0. The van der Waals surface area contributed by atoms with E-state index in [-0.39, 0.29) is 12.3 Å². The molecule has 4 nitrogen and oxygen atoms in total. The lowest BCUT2D eigenvalue weighted by Crippen LogP contribution is -2.31. The molecule has 0 bridgehead atoms. The Bertz CT molecular complexity index is 255. The van der Waals surface area contributed by atoms with E-state index in [1.807, 2.05) is 12.3 Å². The molecule has 0 aliphatic carbocycles. The highest BCUT2D eigenvalue weighted by Crippen LogP contribution is 2.06. The maximum Gasteiger partial charge on any atom is 0.241 e. The monoisotopic (exact) mass is 154 g/mol. The van der Waals surface area contributed by atoms with E-state index in [0.29, 0.717) is 5.76 Å². The van der Waals surface area contributed by atoms with Crippen LogP contribution in [0.2, 0.25) is 0 Å². The lowest BCUT2D eigenvalue weighted by molar-refractivity contribution is -0.120. The van der Waals surface area contributed by atoms with Crippen LogP contribution in [-0.4, -0.2) is 5.91 Å². The van der Waals surface area contributed by atoms with Gasteiger partial charge in [-0.1, -0.05) is 0 Å². The molecule has 1 amide bonds. The fourth-order valence-corrected chi connectivity index (χ4v) is 0.789. The molecule has 0 unspecified atom stereocenters. The van der Waals surface area contributed by atoms with Crippen LogP contribution in [0, 0.1) is 6.92 Å². The van der Waals surface area contributed by atoms with Crippen molar-refractivity contribution in [2.75, 3.05) is 0 Å². The number of hydrazine groups is 1. The number of amides is 1. The molecule has 3 N–H and O–H groups in total. The van der Waals surface area contributed by atoms with E-state index in [9.17, 15) is 4.79 Å². The Morgan fingerprint density at radius 1 is 1.73 bits per heavy atom. The standard InChI is InChI=1S/C7H10N2O2/c1-5-2-3-6(11-5)4-7(10)9-8/h2-3H,4,8H2,1H3,(H,9,10). The van der Waals surface area contributed by atoms with Gasteiger partial charge in [-0.25, -0.2) is 5.84 Å². The number of nitrogens with two attached hydrogens (primary N) is 1.